The van der Waals surface area contributed by atoms with E-state index in [0.717, 1.165) is 45.1 Å². The highest BCUT2D eigenvalue weighted by Crippen LogP contribution is 2.34. The summed E-state index contributed by atoms with van der Waals surface area (Å²) in [7, 11) is 0. The molecule has 1 saturated carbocycles. The third kappa shape index (κ3) is 3.07. The average Bonchev–Trinajstić information content (AvgIpc) is 3.15. The van der Waals surface area contributed by atoms with Crippen LogP contribution in [0.25, 0.3) is 11.5 Å². The van der Waals surface area contributed by atoms with E-state index < -0.39 is 0 Å². The Labute approximate surface area is 140 Å². The van der Waals surface area contributed by atoms with Gasteiger partial charge in [0, 0.05) is 25.4 Å². The van der Waals surface area contributed by atoms with E-state index in [9.17, 15) is 4.79 Å². The van der Waals surface area contributed by atoms with Gasteiger partial charge in [-0.25, -0.2) is 4.98 Å². The minimum Gasteiger partial charge on any atom is -0.448 e. The van der Waals surface area contributed by atoms with Crippen molar-refractivity contribution in [2.75, 3.05) is 13.1 Å². The fourth-order valence-electron chi connectivity index (χ4n) is 3.21. The highest BCUT2D eigenvalue weighted by molar-refractivity contribution is 5.81. The predicted molar refractivity (Wildman–Crippen MR) is 85.1 cm³/mol. The quantitative estimate of drug-likeness (QED) is 0.838. The molecule has 1 saturated heterocycles. The Morgan fingerprint density at radius 3 is 3.00 bits per heavy atom. The Morgan fingerprint density at radius 2 is 2.21 bits per heavy atom. The van der Waals surface area contributed by atoms with Gasteiger partial charge in [0.1, 0.15) is 12.0 Å². The molecule has 7 nitrogen and oxygen atoms in total. The SMILES string of the molecule is CCCc1nc(-c2noc(C3CCCN(C(=O)C4CC4)C3)n2)co1. The maximum atomic E-state index is 12.3. The second kappa shape index (κ2) is 6.37. The lowest BCUT2D eigenvalue weighted by Gasteiger charge is -2.31. The molecule has 2 aromatic heterocycles. The van der Waals surface area contributed by atoms with Crippen molar-refractivity contribution in [1.29, 1.82) is 0 Å². The smallest absolute Gasteiger partial charge is 0.231 e. The molecule has 7 heteroatoms. The van der Waals surface area contributed by atoms with Gasteiger partial charge in [-0.3, -0.25) is 4.79 Å². The summed E-state index contributed by atoms with van der Waals surface area (Å²) in [6, 6.07) is 0. The summed E-state index contributed by atoms with van der Waals surface area (Å²) in [5.74, 6) is 2.41. The van der Waals surface area contributed by atoms with Crippen LogP contribution in [-0.4, -0.2) is 39.0 Å². The van der Waals surface area contributed by atoms with Crippen LogP contribution < -0.4 is 0 Å². The lowest BCUT2D eigenvalue weighted by Crippen LogP contribution is -2.40. The zero-order valence-corrected chi connectivity index (χ0v) is 13.9. The molecule has 0 aromatic carbocycles. The number of amides is 1. The number of aromatic nitrogens is 3. The van der Waals surface area contributed by atoms with Crippen LogP contribution in [-0.2, 0) is 11.2 Å². The molecule has 0 bridgehead atoms. The molecule has 1 aliphatic carbocycles. The van der Waals surface area contributed by atoms with Crippen LogP contribution >= 0.6 is 0 Å². The molecular formula is C17H22N4O3. The van der Waals surface area contributed by atoms with E-state index in [2.05, 4.69) is 22.0 Å². The first-order chi connectivity index (χ1) is 11.7. The van der Waals surface area contributed by atoms with Gasteiger partial charge in [-0.05, 0) is 32.1 Å². The van der Waals surface area contributed by atoms with Crippen molar-refractivity contribution in [2.45, 2.75) is 51.4 Å². The van der Waals surface area contributed by atoms with Crippen LogP contribution in [0.4, 0.5) is 0 Å². The summed E-state index contributed by atoms with van der Waals surface area (Å²) in [6.07, 6.45) is 7.37. The van der Waals surface area contributed by atoms with Gasteiger partial charge >= 0.3 is 0 Å². The standard InChI is InChI=1S/C17H22N4O3/c1-2-4-14-18-13(10-23-14)15-19-16(24-20-15)12-5-3-8-21(9-12)17(22)11-6-7-11/h10-12H,2-9H2,1H3. The third-order valence-electron chi connectivity index (χ3n) is 4.70. The summed E-state index contributed by atoms with van der Waals surface area (Å²) in [6.45, 7) is 3.60. The number of carbonyl (C=O) groups is 1. The Morgan fingerprint density at radius 1 is 1.33 bits per heavy atom. The van der Waals surface area contributed by atoms with Gasteiger partial charge in [0.25, 0.3) is 0 Å². The number of carbonyl (C=O) groups excluding carboxylic acids is 1. The number of aryl methyl sites for hydroxylation is 1. The first kappa shape index (κ1) is 15.4. The average molecular weight is 330 g/mol. The fourth-order valence-corrected chi connectivity index (χ4v) is 3.21. The third-order valence-corrected chi connectivity index (χ3v) is 4.70. The molecule has 3 heterocycles. The molecular weight excluding hydrogens is 308 g/mol. The molecule has 1 unspecified atom stereocenters. The zero-order valence-electron chi connectivity index (χ0n) is 13.9. The van der Waals surface area contributed by atoms with Gasteiger partial charge < -0.3 is 13.8 Å². The summed E-state index contributed by atoms with van der Waals surface area (Å²) in [4.78, 5) is 23.1. The number of hydrogen-bond acceptors (Lipinski definition) is 6. The molecule has 1 amide bonds. The van der Waals surface area contributed by atoms with E-state index in [1.54, 1.807) is 6.26 Å². The van der Waals surface area contributed by atoms with E-state index in [-0.39, 0.29) is 11.8 Å². The number of rotatable bonds is 5. The van der Waals surface area contributed by atoms with Crippen molar-refractivity contribution in [3.05, 3.63) is 18.0 Å². The van der Waals surface area contributed by atoms with E-state index in [1.807, 2.05) is 4.90 Å². The molecule has 0 radical (unpaired) electrons. The number of oxazole rings is 1. The molecule has 2 fully saturated rings. The van der Waals surface area contributed by atoms with Crippen molar-refractivity contribution in [3.63, 3.8) is 0 Å². The second-order valence-electron chi connectivity index (χ2n) is 6.73. The Bertz CT molecular complexity index is 719. The van der Waals surface area contributed by atoms with Crippen LogP contribution in [0.5, 0.6) is 0 Å². The summed E-state index contributed by atoms with van der Waals surface area (Å²) >= 11 is 0. The lowest BCUT2D eigenvalue weighted by atomic mass is 9.97. The Balaban J connectivity index is 1.46. The zero-order chi connectivity index (χ0) is 16.5. The first-order valence-electron chi connectivity index (χ1n) is 8.81. The number of piperidine rings is 1. The van der Waals surface area contributed by atoms with Crippen LogP contribution in [0.15, 0.2) is 15.2 Å². The maximum Gasteiger partial charge on any atom is 0.231 e. The normalized spacial score (nSPS) is 21.2. The second-order valence-corrected chi connectivity index (χ2v) is 6.73. The summed E-state index contributed by atoms with van der Waals surface area (Å²) in [5, 5.41) is 4.04. The van der Waals surface area contributed by atoms with Gasteiger partial charge in [0.05, 0.1) is 5.92 Å². The summed E-state index contributed by atoms with van der Waals surface area (Å²) in [5.41, 5.74) is 0.607. The van der Waals surface area contributed by atoms with Gasteiger partial charge in [-0.15, -0.1) is 0 Å². The molecule has 128 valence electrons. The molecule has 0 N–H and O–H groups in total. The minimum atomic E-state index is 0.115. The van der Waals surface area contributed by atoms with Crippen molar-refractivity contribution in [1.82, 2.24) is 20.0 Å². The molecule has 4 rings (SSSR count). The molecule has 0 spiro atoms. The van der Waals surface area contributed by atoms with E-state index >= 15 is 0 Å². The van der Waals surface area contributed by atoms with Gasteiger partial charge in [-0.1, -0.05) is 12.1 Å². The Hall–Kier alpha value is -2.18. The van der Waals surface area contributed by atoms with Crippen molar-refractivity contribution in [3.8, 4) is 11.5 Å². The van der Waals surface area contributed by atoms with E-state index in [1.165, 1.54) is 0 Å². The van der Waals surface area contributed by atoms with Crippen LogP contribution in [0, 0.1) is 5.92 Å². The lowest BCUT2D eigenvalue weighted by molar-refractivity contribution is -0.133. The van der Waals surface area contributed by atoms with Gasteiger partial charge in [0.2, 0.25) is 17.6 Å². The molecule has 24 heavy (non-hydrogen) atoms. The van der Waals surface area contributed by atoms with Crippen molar-refractivity contribution < 1.29 is 13.7 Å². The molecule has 2 aromatic rings. The fraction of sp³-hybridized carbons (Fsp3) is 0.647. The minimum absolute atomic E-state index is 0.115. The van der Waals surface area contributed by atoms with E-state index in [4.69, 9.17) is 8.94 Å². The highest BCUT2D eigenvalue weighted by atomic mass is 16.5. The monoisotopic (exact) mass is 330 g/mol. The number of nitrogens with zero attached hydrogens (tertiary/aromatic N) is 4. The number of likely N-dealkylation sites (tertiary alicyclic amines) is 1. The maximum absolute atomic E-state index is 12.3. The first-order valence-corrected chi connectivity index (χ1v) is 8.81. The summed E-state index contributed by atoms with van der Waals surface area (Å²) < 4.78 is 10.9. The van der Waals surface area contributed by atoms with Crippen molar-refractivity contribution >= 4 is 5.91 Å². The van der Waals surface area contributed by atoms with E-state index in [0.29, 0.717) is 35.8 Å². The van der Waals surface area contributed by atoms with Gasteiger partial charge in [-0.2, -0.15) is 4.98 Å². The molecule has 2 aliphatic rings. The largest absolute Gasteiger partial charge is 0.448 e. The molecule has 1 atom stereocenters. The van der Waals surface area contributed by atoms with Crippen molar-refractivity contribution in [2.24, 2.45) is 5.92 Å². The Kier molecular flexibility index (Phi) is 4.08. The van der Waals surface area contributed by atoms with Crippen LogP contribution in [0.2, 0.25) is 0 Å². The molecule has 1 aliphatic heterocycles. The topological polar surface area (TPSA) is 85.3 Å². The number of hydrogen-bond donors (Lipinski definition) is 0. The van der Waals surface area contributed by atoms with Crippen LogP contribution in [0.3, 0.4) is 0 Å². The highest BCUT2D eigenvalue weighted by Gasteiger charge is 2.36. The van der Waals surface area contributed by atoms with Crippen LogP contribution in [0.1, 0.15) is 56.7 Å². The predicted octanol–water partition coefficient (Wildman–Crippen LogP) is 2.79. The van der Waals surface area contributed by atoms with Gasteiger partial charge in [0.15, 0.2) is 5.89 Å².